The number of likely N-dealkylation sites (N-methyl/N-ethyl adjacent to an activating group) is 1. The maximum absolute atomic E-state index is 12.3. The van der Waals surface area contributed by atoms with Crippen molar-refractivity contribution in [1.29, 1.82) is 0 Å². The minimum Gasteiger partial charge on any atom is -0.508 e. The van der Waals surface area contributed by atoms with E-state index in [0.29, 0.717) is 11.1 Å². The molecule has 2 rings (SSSR count). The first-order chi connectivity index (χ1) is 9.49. The molecule has 1 aromatic rings. The average molecular weight is 276 g/mol. The first kappa shape index (κ1) is 14.4. The highest BCUT2D eigenvalue weighted by Gasteiger charge is 2.22. The molecule has 108 valence electrons. The van der Waals surface area contributed by atoms with Crippen molar-refractivity contribution in [3.05, 3.63) is 29.3 Å². The summed E-state index contributed by atoms with van der Waals surface area (Å²) >= 11 is 0. The molecule has 0 radical (unpaired) electrons. The molecule has 1 saturated heterocycles. The molecular weight excluding hydrogens is 256 g/mol. The van der Waals surface area contributed by atoms with E-state index < -0.39 is 0 Å². The van der Waals surface area contributed by atoms with Gasteiger partial charge in [0.2, 0.25) is 5.91 Å². The number of carbonyl (C=O) groups excluding carboxylic acids is 2. The molecule has 1 aromatic carbocycles. The van der Waals surface area contributed by atoms with Crippen molar-refractivity contribution in [2.45, 2.75) is 19.8 Å². The molecule has 1 N–H and O–H groups in total. The van der Waals surface area contributed by atoms with Crippen LogP contribution < -0.4 is 0 Å². The predicted octanol–water partition coefficient (Wildman–Crippen LogP) is 1.40. The summed E-state index contributed by atoms with van der Waals surface area (Å²) in [5.41, 5.74) is 1.22. The van der Waals surface area contributed by atoms with Gasteiger partial charge < -0.3 is 14.9 Å². The number of amides is 2. The predicted molar refractivity (Wildman–Crippen MR) is 75.6 cm³/mol. The molecule has 1 aliphatic heterocycles. The van der Waals surface area contributed by atoms with Crippen LogP contribution in [0.5, 0.6) is 5.75 Å². The van der Waals surface area contributed by atoms with E-state index in [9.17, 15) is 14.7 Å². The number of aryl methyl sites for hydroxylation is 1. The second-order valence-electron chi connectivity index (χ2n) is 5.25. The molecular formula is C15H20N2O3. The van der Waals surface area contributed by atoms with Crippen LogP contribution in [0.4, 0.5) is 0 Å². The van der Waals surface area contributed by atoms with Gasteiger partial charge in [-0.3, -0.25) is 9.59 Å². The summed E-state index contributed by atoms with van der Waals surface area (Å²) in [7, 11) is 1.63. The van der Waals surface area contributed by atoms with Gasteiger partial charge in [-0.25, -0.2) is 0 Å². The van der Waals surface area contributed by atoms with Gasteiger partial charge in [-0.2, -0.15) is 0 Å². The SMILES string of the molecule is Cc1cc(O)ccc1C(=O)N(C)CC(=O)N1CCCC1. The van der Waals surface area contributed by atoms with E-state index in [1.54, 1.807) is 31.0 Å². The molecule has 5 nitrogen and oxygen atoms in total. The molecule has 0 saturated carbocycles. The van der Waals surface area contributed by atoms with Gasteiger partial charge in [0.15, 0.2) is 0 Å². The molecule has 0 aliphatic carbocycles. The quantitative estimate of drug-likeness (QED) is 0.907. The Balaban J connectivity index is 2.02. The van der Waals surface area contributed by atoms with E-state index in [-0.39, 0.29) is 24.1 Å². The number of aromatic hydroxyl groups is 1. The third-order valence-corrected chi connectivity index (χ3v) is 3.62. The van der Waals surface area contributed by atoms with Crippen molar-refractivity contribution in [3.8, 4) is 5.75 Å². The van der Waals surface area contributed by atoms with Gasteiger partial charge in [0, 0.05) is 25.7 Å². The molecule has 2 amide bonds. The molecule has 20 heavy (non-hydrogen) atoms. The number of likely N-dealkylation sites (tertiary alicyclic amines) is 1. The van der Waals surface area contributed by atoms with E-state index >= 15 is 0 Å². The molecule has 0 unspecified atom stereocenters. The van der Waals surface area contributed by atoms with Crippen molar-refractivity contribution in [1.82, 2.24) is 9.80 Å². The van der Waals surface area contributed by atoms with Crippen LogP contribution in [0.25, 0.3) is 0 Å². The van der Waals surface area contributed by atoms with Crippen LogP contribution in [0.1, 0.15) is 28.8 Å². The Bertz CT molecular complexity index is 522. The standard InChI is InChI=1S/C15H20N2O3/c1-11-9-12(18)5-6-13(11)15(20)16(2)10-14(19)17-7-3-4-8-17/h5-6,9,18H,3-4,7-8,10H2,1-2H3. The third kappa shape index (κ3) is 3.10. The summed E-state index contributed by atoms with van der Waals surface area (Å²) in [5.74, 6) is -0.0697. The van der Waals surface area contributed by atoms with Crippen molar-refractivity contribution >= 4 is 11.8 Å². The summed E-state index contributed by atoms with van der Waals surface area (Å²) < 4.78 is 0. The zero-order valence-corrected chi connectivity index (χ0v) is 11.9. The smallest absolute Gasteiger partial charge is 0.254 e. The number of rotatable bonds is 3. The van der Waals surface area contributed by atoms with Crippen molar-refractivity contribution in [2.75, 3.05) is 26.7 Å². The number of benzene rings is 1. The Morgan fingerprint density at radius 1 is 1.30 bits per heavy atom. The molecule has 1 aliphatic rings. The minimum absolute atomic E-state index is 0.00483. The fourth-order valence-corrected chi connectivity index (χ4v) is 2.43. The number of nitrogens with zero attached hydrogens (tertiary/aromatic N) is 2. The average Bonchev–Trinajstić information content (AvgIpc) is 2.91. The summed E-state index contributed by atoms with van der Waals surface area (Å²) in [6.45, 7) is 3.44. The number of phenols is 1. The lowest BCUT2D eigenvalue weighted by Crippen LogP contribution is -2.40. The molecule has 0 aromatic heterocycles. The Kier molecular flexibility index (Phi) is 4.27. The number of hydrogen-bond donors (Lipinski definition) is 1. The van der Waals surface area contributed by atoms with Gasteiger partial charge in [-0.15, -0.1) is 0 Å². The van der Waals surface area contributed by atoms with E-state index in [1.165, 1.54) is 11.0 Å². The highest BCUT2D eigenvalue weighted by molar-refractivity contribution is 5.97. The normalized spacial score (nSPS) is 14.4. The summed E-state index contributed by atoms with van der Waals surface area (Å²) in [5, 5.41) is 9.36. The van der Waals surface area contributed by atoms with Gasteiger partial charge in [0.05, 0.1) is 6.54 Å². The number of phenolic OH excluding ortho intramolecular Hbond substituents is 1. The summed E-state index contributed by atoms with van der Waals surface area (Å²) in [6, 6.07) is 4.61. The first-order valence-electron chi connectivity index (χ1n) is 6.82. The first-order valence-corrected chi connectivity index (χ1v) is 6.82. The topological polar surface area (TPSA) is 60.9 Å². The molecule has 0 bridgehead atoms. The van der Waals surface area contributed by atoms with Crippen molar-refractivity contribution < 1.29 is 14.7 Å². The zero-order chi connectivity index (χ0) is 14.7. The lowest BCUT2D eigenvalue weighted by atomic mass is 10.1. The Morgan fingerprint density at radius 2 is 1.95 bits per heavy atom. The molecule has 0 spiro atoms. The maximum Gasteiger partial charge on any atom is 0.254 e. The van der Waals surface area contributed by atoms with Gasteiger partial charge in [-0.05, 0) is 43.5 Å². The Labute approximate surface area is 118 Å². The minimum atomic E-state index is -0.199. The van der Waals surface area contributed by atoms with Gasteiger partial charge in [-0.1, -0.05) is 0 Å². The van der Waals surface area contributed by atoms with Crippen molar-refractivity contribution in [3.63, 3.8) is 0 Å². The lowest BCUT2D eigenvalue weighted by Gasteiger charge is -2.22. The molecule has 1 heterocycles. The summed E-state index contributed by atoms with van der Waals surface area (Å²) in [6.07, 6.45) is 2.08. The maximum atomic E-state index is 12.3. The number of hydrogen-bond acceptors (Lipinski definition) is 3. The van der Waals surface area contributed by atoms with Crippen LogP contribution in [0.3, 0.4) is 0 Å². The molecule has 5 heteroatoms. The fourth-order valence-electron chi connectivity index (χ4n) is 2.43. The Morgan fingerprint density at radius 3 is 2.55 bits per heavy atom. The molecule has 0 atom stereocenters. The highest BCUT2D eigenvalue weighted by atomic mass is 16.3. The zero-order valence-electron chi connectivity index (χ0n) is 11.9. The van der Waals surface area contributed by atoms with Crippen LogP contribution >= 0.6 is 0 Å². The van der Waals surface area contributed by atoms with Gasteiger partial charge >= 0.3 is 0 Å². The highest BCUT2D eigenvalue weighted by Crippen LogP contribution is 2.17. The van der Waals surface area contributed by atoms with E-state index in [4.69, 9.17) is 0 Å². The fraction of sp³-hybridized carbons (Fsp3) is 0.467. The van der Waals surface area contributed by atoms with Crippen LogP contribution in [-0.4, -0.2) is 53.4 Å². The largest absolute Gasteiger partial charge is 0.508 e. The summed E-state index contributed by atoms with van der Waals surface area (Å²) in [4.78, 5) is 27.6. The van der Waals surface area contributed by atoms with Crippen molar-refractivity contribution in [2.24, 2.45) is 0 Å². The van der Waals surface area contributed by atoms with Gasteiger partial charge in [0.1, 0.15) is 5.75 Å². The molecule has 1 fully saturated rings. The van der Waals surface area contributed by atoms with Gasteiger partial charge in [0.25, 0.3) is 5.91 Å². The Hall–Kier alpha value is -2.04. The van der Waals surface area contributed by atoms with E-state index in [2.05, 4.69) is 0 Å². The van der Waals surface area contributed by atoms with Crippen LogP contribution in [0.2, 0.25) is 0 Å². The third-order valence-electron chi connectivity index (χ3n) is 3.62. The van der Waals surface area contributed by atoms with E-state index in [1.807, 2.05) is 0 Å². The second-order valence-corrected chi connectivity index (χ2v) is 5.25. The van der Waals surface area contributed by atoms with Crippen LogP contribution in [-0.2, 0) is 4.79 Å². The van der Waals surface area contributed by atoms with E-state index in [0.717, 1.165) is 25.9 Å². The lowest BCUT2D eigenvalue weighted by molar-refractivity contribution is -0.130. The second kappa shape index (κ2) is 5.94. The van der Waals surface area contributed by atoms with Crippen LogP contribution in [0, 0.1) is 6.92 Å². The van der Waals surface area contributed by atoms with Crippen LogP contribution in [0.15, 0.2) is 18.2 Å². The monoisotopic (exact) mass is 276 g/mol. The number of carbonyl (C=O) groups is 2.